The van der Waals surface area contributed by atoms with Gasteiger partial charge in [-0.05, 0) is 13.5 Å². The number of rotatable bonds is 7. The summed E-state index contributed by atoms with van der Waals surface area (Å²) in [6.07, 6.45) is 2.73. The van der Waals surface area contributed by atoms with Gasteiger partial charge in [-0.2, -0.15) is 0 Å². The third kappa shape index (κ3) is 5.15. The first-order valence-corrected chi connectivity index (χ1v) is 8.82. The molecule has 0 radical (unpaired) electrons. The lowest BCUT2D eigenvalue weighted by molar-refractivity contribution is -0.148. The molecule has 0 amide bonds. The Bertz CT molecular complexity index is 286. The molecule has 1 N–H and O–H groups in total. The lowest BCUT2D eigenvalue weighted by atomic mass is 10.3. The summed E-state index contributed by atoms with van der Waals surface area (Å²) in [7, 11) is 1.97. The van der Waals surface area contributed by atoms with Gasteiger partial charge in [0.25, 0.3) is 0 Å². The Balaban J connectivity index is 1.56. The smallest absolute Gasteiger partial charge is 0.307 e. The van der Waals surface area contributed by atoms with Gasteiger partial charge in [0.05, 0.1) is 6.42 Å². The first-order chi connectivity index (χ1) is 9.29. The first kappa shape index (κ1) is 15.4. The highest BCUT2D eigenvalue weighted by molar-refractivity contribution is 7.98. The topological polar surface area (TPSA) is 44.8 Å². The van der Waals surface area contributed by atoms with E-state index in [9.17, 15) is 4.79 Å². The van der Waals surface area contributed by atoms with Crippen molar-refractivity contribution in [3.8, 4) is 0 Å². The van der Waals surface area contributed by atoms with Crippen LogP contribution in [-0.2, 0) is 9.53 Å². The van der Waals surface area contributed by atoms with Gasteiger partial charge in [-0.25, -0.2) is 4.31 Å². The Kier molecular flexibility index (Phi) is 6.79. The minimum atomic E-state index is -0.0381. The highest BCUT2D eigenvalue weighted by Gasteiger charge is 2.31. The predicted molar refractivity (Wildman–Crippen MR) is 80.9 cm³/mol. The van der Waals surface area contributed by atoms with E-state index in [1.54, 1.807) is 11.9 Å². The molecule has 2 aliphatic rings. The van der Waals surface area contributed by atoms with E-state index in [2.05, 4.69) is 13.9 Å². The number of ether oxygens (including phenoxy) is 1. The van der Waals surface area contributed by atoms with Crippen LogP contribution < -0.4 is 4.72 Å². The van der Waals surface area contributed by atoms with E-state index in [1.165, 1.54) is 17.9 Å². The summed E-state index contributed by atoms with van der Waals surface area (Å²) in [5.74, 6) is 2.32. The number of nitrogens with zero attached hydrogens (tertiary/aromatic N) is 2. The molecule has 2 saturated heterocycles. The molecule has 5 nitrogen and oxygen atoms in total. The van der Waals surface area contributed by atoms with E-state index in [-0.39, 0.29) is 12.2 Å². The minimum Gasteiger partial charge on any atom is -0.446 e. The molecule has 0 aromatic heterocycles. The zero-order chi connectivity index (χ0) is 13.5. The summed E-state index contributed by atoms with van der Waals surface area (Å²) in [6.45, 7) is 4.15. The number of hydrogen-bond acceptors (Lipinski definition) is 7. The van der Waals surface area contributed by atoms with Crippen LogP contribution in [0.15, 0.2) is 0 Å². The lowest BCUT2D eigenvalue weighted by Gasteiger charge is -2.36. The second kappa shape index (κ2) is 8.36. The summed E-state index contributed by atoms with van der Waals surface area (Å²) in [5, 5.41) is 0. The van der Waals surface area contributed by atoms with Gasteiger partial charge in [0, 0.05) is 44.1 Å². The van der Waals surface area contributed by atoms with Gasteiger partial charge in [0.15, 0.2) is 6.23 Å². The van der Waals surface area contributed by atoms with Gasteiger partial charge in [0.2, 0.25) is 0 Å². The van der Waals surface area contributed by atoms with Crippen LogP contribution in [0.25, 0.3) is 0 Å². The maximum atomic E-state index is 11.1. The number of piperazine rings is 1. The molecule has 0 aliphatic carbocycles. The van der Waals surface area contributed by atoms with Crippen LogP contribution in [0.3, 0.4) is 0 Å². The highest BCUT2D eigenvalue weighted by atomic mass is 32.2. The third-order valence-electron chi connectivity index (χ3n) is 3.35. The molecular formula is C12H23N3O2S2. The molecule has 1 unspecified atom stereocenters. The lowest BCUT2D eigenvalue weighted by Crippen LogP contribution is -2.48. The number of carbonyl (C=O) groups excluding carboxylic acids is 1. The molecule has 2 heterocycles. The fraction of sp³-hybridized carbons (Fsp3) is 0.917. The molecule has 19 heavy (non-hydrogen) atoms. The Morgan fingerprint density at radius 2 is 2.11 bits per heavy atom. The van der Waals surface area contributed by atoms with Crippen molar-refractivity contribution >= 4 is 29.9 Å². The molecule has 1 atom stereocenters. The molecule has 2 aliphatic heterocycles. The number of nitrogens with one attached hydrogen (secondary N) is 1. The Labute approximate surface area is 124 Å². The van der Waals surface area contributed by atoms with Crippen molar-refractivity contribution in [2.45, 2.75) is 25.5 Å². The zero-order valence-electron chi connectivity index (χ0n) is 11.5. The van der Waals surface area contributed by atoms with Crippen molar-refractivity contribution in [1.29, 1.82) is 0 Å². The van der Waals surface area contributed by atoms with Crippen molar-refractivity contribution in [3.63, 3.8) is 0 Å². The maximum absolute atomic E-state index is 11.1. The maximum Gasteiger partial charge on any atom is 0.307 e. The summed E-state index contributed by atoms with van der Waals surface area (Å²) in [4.78, 5) is 13.4. The number of esters is 1. The van der Waals surface area contributed by atoms with E-state index >= 15 is 0 Å². The third-order valence-corrected chi connectivity index (χ3v) is 5.34. The number of hydrogen-bond donors (Lipinski definition) is 1. The van der Waals surface area contributed by atoms with Gasteiger partial charge in [-0.3, -0.25) is 14.4 Å². The molecule has 7 heteroatoms. The average Bonchev–Trinajstić information content (AvgIpc) is 2.86. The standard InChI is InChI=1S/C12H23N3O2S2/c1-13-18-9-2-10-19-15-7-5-14(6-8-15)11-3-4-12(16)17-11/h11,13H,2-10H2,1H3. The Morgan fingerprint density at radius 3 is 2.74 bits per heavy atom. The van der Waals surface area contributed by atoms with E-state index in [4.69, 9.17) is 4.74 Å². The molecule has 0 bridgehead atoms. The highest BCUT2D eigenvalue weighted by Crippen LogP contribution is 2.22. The minimum absolute atomic E-state index is 0.0381. The van der Waals surface area contributed by atoms with Crippen LogP contribution in [0.5, 0.6) is 0 Å². The van der Waals surface area contributed by atoms with Crippen molar-refractivity contribution in [1.82, 2.24) is 13.9 Å². The summed E-state index contributed by atoms with van der Waals surface area (Å²) in [6, 6.07) is 0. The largest absolute Gasteiger partial charge is 0.446 e. The van der Waals surface area contributed by atoms with E-state index in [0.29, 0.717) is 6.42 Å². The molecule has 0 spiro atoms. The number of cyclic esters (lactones) is 1. The summed E-state index contributed by atoms with van der Waals surface area (Å²) in [5.41, 5.74) is 0. The molecule has 2 rings (SSSR count). The fourth-order valence-electron chi connectivity index (χ4n) is 2.32. The molecule has 110 valence electrons. The van der Waals surface area contributed by atoms with Crippen LogP contribution in [0, 0.1) is 0 Å². The molecule has 0 aromatic rings. The average molecular weight is 305 g/mol. The Morgan fingerprint density at radius 1 is 1.32 bits per heavy atom. The van der Waals surface area contributed by atoms with Crippen LogP contribution in [0.1, 0.15) is 19.3 Å². The molecule has 0 aromatic carbocycles. The van der Waals surface area contributed by atoms with Crippen molar-refractivity contribution in [2.75, 3.05) is 44.7 Å². The zero-order valence-corrected chi connectivity index (χ0v) is 13.1. The van der Waals surface area contributed by atoms with Crippen molar-refractivity contribution in [2.24, 2.45) is 0 Å². The predicted octanol–water partition coefficient (Wildman–Crippen LogP) is 1.17. The van der Waals surface area contributed by atoms with Gasteiger partial charge < -0.3 is 4.74 Å². The van der Waals surface area contributed by atoms with Crippen molar-refractivity contribution in [3.05, 3.63) is 0 Å². The first-order valence-electron chi connectivity index (χ1n) is 6.89. The Hall–Kier alpha value is 0.0500. The van der Waals surface area contributed by atoms with Gasteiger partial charge in [-0.15, -0.1) is 0 Å². The summed E-state index contributed by atoms with van der Waals surface area (Å²) >= 11 is 3.72. The SMILES string of the molecule is CNSCCCSN1CCN(C2CCC(=O)O2)CC1. The van der Waals surface area contributed by atoms with Crippen LogP contribution in [-0.4, -0.2) is 66.1 Å². The second-order valence-corrected chi connectivity index (χ2v) is 6.98. The van der Waals surface area contributed by atoms with Crippen LogP contribution >= 0.6 is 23.9 Å². The monoisotopic (exact) mass is 305 g/mol. The van der Waals surface area contributed by atoms with Crippen molar-refractivity contribution < 1.29 is 9.53 Å². The second-order valence-electron chi connectivity index (χ2n) is 4.69. The molecule has 0 saturated carbocycles. The van der Waals surface area contributed by atoms with Crippen LogP contribution in [0.2, 0.25) is 0 Å². The quantitative estimate of drug-likeness (QED) is 0.430. The summed E-state index contributed by atoms with van der Waals surface area (Å²) < 4.78 is 10.8. The normalized spacial score (nSPS) is 25.7. The fourth-order valence-corrected chi connectivity index (χ4v) is 3.94. The van der Waals surface area contributed by atoms with E-state index < -0.39 is 0 Å². The van der Waals surface area contributed by atoms with E-state index in [0.717, 1.165) is 32.6 Å². The van der Waals surface area contributed by atoms with Crippen LogP contribution in [0.4, 0.5) is 0 Å². The molecule has 2 fully saturated rings. The molecular weight excluding hydrogens is 282 g/mol. The van der Waals surface area contributed by atoms with Gasteiger partial charge in [-0.1, -0.05) is 23.9 Å². The van der Waals surface area contributed by atoms with Gasteiger partial charge in [0.1, 0.15) is 0 Å². The van der Waals surface area contributed by atoms with Gasteiger partial charge >= 0.3 is 5.97 Å². The van der Waals surface area contributed by atoms with E-state index in [1.807, 2.05) is 19.0 Å². The number of carbonyl (C=O) groups is 1.